The molecule has 3 nitrogen and oxygen atoms in total. The summed E-state index contributed by atoms with van der Waals surface area (Å²) in [5, 5.41) is 0. The maximum Gasteiger partial charge on any atom is 0.240 e. The van der Waals surface area contributed by atoms with Crippen LogP contribution in [0.5, 0.6) is 0 Å². The van der Waals surface area contributed by atoms with Crippen LogP contribution in [0.3, 0.4) is 0 Å². The molecule has 126 valence electrons. The van der Waals surface area contributed by atoms with Gasteiger partial charge in [0.1, 0.15) is 0 Å². The van der Waals surface area contributed by atoms with Crippen LogP contribution in [0.15, 0.2) is 33.6 Å². The van der Waals surface area contributed by atoms with E-state index in [1.807, 2.05) is 0 Å². The first-order chi connectivity index (χ1) is 10.9. The van der Waals surface area contributed by atoms with Crippen molar-refractivity contribution in [1.82, 2.24) is 4.72 Å². The summed E-state index contributed by atoms with van der Waals surface area (Å²) >= 11 is 3.36. The van der Waals surface area contributed by atoms with Crippen LogP contribution in [-0.4, -0.2) is 14.5 Å². The fourth-order valence-electron chi connectivity index (χ4n) is 5.75. The van der Waals surface area contributed by atoms with Crippen LogP contribution in [0, 0.1) is 23.2 Å². The summed E-state index contributed by atoms with van der Waals surface area (Å²) in [4.78, 5) is 0.359. The predicted octanol–water partition coefficient (Wildman–Crippen LogP) is 4.33. The van der Waals surface area contributed by atoms with Gasteiger partial charge in [0.05, 0.1) is 4.90 Å². The molecule has 0 spiro atoms. The molecule has 23 heavy (non-hydrogen) atoms. The number of nitrogens with one attached hydrogen (secondary N) is 1. The van der Waals surface area contributed by atoms with E-state index >= 15 is 0 Å². The monoisotopic (exact) mass is 397 g/mol. The van der Waals surface area contributed by atoms with Crippen LogP contribution < -0.4 is 4.72 Å². The highest BCUT2D eigenvalue weighted by Gasteiger charge is 2.53. The molecule has 4 aliphatic carbocycles. The van der Waals surface area contributed by atoms with Crippen LogP contribution in [-0.2, 0) is 10.0 Å². The molecule has 4 saturated carbocycles. The molecular formula is C18H24BrNO2S. The Morgan fingerprint density at radius 1 is 1.04 bits per heavy atom. The zero-order chi connectivity index (χ0) is 16.2. The second-order valence-corrected chi connectivity index (χ2v) is 10.7. The van der Waals surface area contributed by atoms with E-state index in [9.17, 15) is 8.42 Å². The molecule has 4 bridgehead atoms. The number of rotatable bonds is 4. The molecule has 5 rings (SSSR count). The van der Waals surface area contributed by atoms with E-state index in [1.54, 1.807) is 24.3 Å². The van der Waals surface area contributed by atoms with Crippen molar-refractivity contribution < 1.29 is 8.42 Å². The molecule has 0 unspecified atom stereocenters. The zero-order valence-electron chi connectivity index (χ0n) is 13.5. The van der Waals surface area contributed by atoms with Gasteiger partial charge in [-0.2, -0.15) is 0 Å². The van der Waals surface area contributed by atoms with Crippen LogP contribution in [0.2, 0.25) is 0 Å². The molecule has 0 saturated heterocycles. The van der Waals surface area contributed by atoms with Crippen LogP contribution >= 0.6 is 15.9 Å². The van der Waals surface area contributed by atoms with Gasteiger partial charge < -0.3 is 0 Å². The van der Waals surface area contributed by atoms with Crippen LogP contribution in [0.4, 0.5) is 0 Å². The summed E-state index contributed by atoms with van der Waals surface area (Å²) in [6.07, 6.45) is 7.78. The van der Waals surface area contributed by atoms with Crippen molar-refractivity contribution in [1.29, 1.82) is 0 Å². The van der Waals surface area contributed by atoms with Crippen LogP contribution in [0.25, 0.3) is 0 Å². The fourth-order valence-corrected chi connectivity index (χ4v) is 7.36. The normalized spacial score (nSPS) is 37.0. The Hall–Kier alpha value is -0.390. The Morgan fingerprint density at radius 2 is 1.52 bits per heavy atom. The average Bonchev–Trinajstić information content (AvgIpc) is 2.45. The highest BCUT2D eigenvalue weighted by molar-refractivity contribution is 9.10. The van der Waals surface area contributed by atoms with Crippen molar-refractivity contribution in [3.63, 3.8) is 0 Å². The van der Waals surface area contributed by atoms with Gasteiger partial charge in [0.25, 0.3) is 0 Å². The van der Waals surface area contributed by atoms with Gasteiger partial charge >= 0.3 is 0 Å². The Labute approximate surface area is 147 Å². The molecule has 4 fully saturated rings. The zero-order valence-corrected chi connectivity index (χ0v) is 15.9. The SMILES string of the molecule is C[C@@H](NS(=O)(=O)c1ccc(Br)cc1)C12CC3CC(CC(C3)C1)C2. The molecular weight excluding hydrogens is 374 g/mol. The van der Waals surface area contributed by atoms with Gasteiger partial charge in [-0.3, -0.25) is 0 Å². The number of hydrogen-bond donors (Lipinski definition) is 1. The topological polar surface area (TPSA) is 46.2 Å². The van der Waals surface area contributed by atoms with Gasteiger partial charge in [0, 0.05) is 10.5 Å². The van der Waals surface area contributed by atoms with Gasteiger partial charge in [-0.1, -0.05) is 15.9 Å². The van der Waals surface area contributed by atoms with Gasteiger partial charge in [-0.25, -0.2) is 13.1 Å². The third-order valence-corrected chi connectivity index (χ3v) is 8.55. The summed E-state index contributed by atoms with van der Waals surface area (Å²) in [5.41, 5.74) is 0.192. The largest absolute Gasteiger partial charge is 0.240 e. The summed E-state index contributed by atoms with van der Waals surface area (Å²) < 4.78 is 29.3. The Balaban J connectivity index is 1.55. The molecule has 0 radical (unpaired) electrons. The lowest BCUT2D eigenvalue weighted by atomic mass is 9.48. The third kappa shape index (κ3) is 2.89. The maximum atomic E-state index is 12.7. The summed E-state index contributed by atoms with van der Waals surface area (Å²) in [6, 6.07) is 6.91. The fraction of sp³-hybridized carbons (Fsp3) is 0.667. The lowest BCUT2D eigenvalue weighted by Crippen LogP contribution is -2.55. The minimum absolute atomic E-state index is 0.0181. The van der Waals surface area contributed by atoms with Gasteiger partial charge in [-0.15, -0.1) is 0 Å². The predicted molar refractivity (Wildman–Crippen MR) is 94.5 cm³/mol. The van der Waals surface area contributed by atoms with E-state index in [0.717, 1.165) is 22.2 Å². The lowest BCUT2D eigenvalue weighted by molar-refractivity contribution is -0.0666. The van der Waals surface area contributed by atoms with Crippen molar-refractivity contribution in [2.75, 3.05) is 0 Å². The van der Waals surface area contributed by atoms with E-state index in [2.05, 4.69) is 27.6 Å². The van der Waals surface area contributed by atoms with Crippen molar-refractivity contribution in [3.05, 3.63) is 28.7 Å². The molecule has 0 aromatic heterocycles. The highest BCUT2D eigenvalue weighted by Crippen LogP contribution is 2.61. The van der Waals surface area contributed by atoms with E-state index in [4.69, 9.17) is 0 Å². The van der Waals surface area contributed by atoms with Gasteiger partial charge in [0.2, 0.25) is 10.0 Å². The molecule has 0 heterocycles. The molecule has 4 aliphatic rings. The quantitative estimate of drug-likeness (QED) is 0.821. The Bertz CT molecular complexity index is 663. The molecule has 1 atom stereocenters. The number of hydrogen-bond acceptors (Lipinski definition) is 2. The second-order valence-electron chi connectivity index (χ2n) is 8.08. The van der Waals surface area contributed by atoms with E-state index in [1.165, 1.54) is 38.5 Å². The van der Waals surface area contributed by atoms with Gasteiger partial charge in [-0.05, 0) is 92.9 Å². The van der Waals surface area contributed by atoms with Crippen molar-refractivity contribution in [2.24, 2.45) is 23.2 Å². The summed E-state index contributed by atoms with van der Waals surface area (Å²) in [7, 11) is -3.44. The van der Waals surface area contributed by atoms with E-state index in [-0.39, 0.29) is 11.5 Å². The van der Waals surface area contributed by atoms with Crippen molar-refractivity contribution >= 4 is 26.0 Å². The number of halogens is 1. The lowest BCUT2D eigenvalue weighted by Gasteiger charge is -2.59. The van der Waals surface area contributed by atoms with Crippen molar-refractivity contribution in [2.45, 2.75) is 56.4 Å². The van der Waals surface area contributed by atoms with E-state index in [0.29, 0.717) is 4.90 Å². The minimum Gasteiger partial charge on any atom is -0.208 e. The first-order valence-corrected chi connectivity index (χ1v) is 10.9. The smallest absolute Gasteiger partial charge is 0.208 e. The number of sulfonamides is 1. The van der Waals surface area contributed by atoms with E-state index < -0.39 is 10.0 Å². The summed E-state index contributed by atoms with van der Waals surface area (Å²) in [6.45, 7) is 2.09. The second kappa shape index (κ2) is 5.57. The number of benzene rings is 1. The molecule has 5 heteroatoms. The highest BCUT2D eigenvalue weighted by atomic mass is 79.9. The molecule has 0 amide bonds. The Morgan fingerprint density at radius 3 is 2.00 bits per heavy atom. The summed E-state index contributed by atoms with van der Waals surface area (Å²) in [5.74, 6) is 2.50. The first kappa shape index (κ1) is 16.1. The minimum atomic E-state index is -3.44. The molecule has 1 aromatic rings. The average molecular weight is 398 g/mol. The van der Waals surface area contributed by atoms with Crippen LogP contribution in [0.1, 0.15) is 45.4 Å². The van der Waals surface area contributed by atoms with Crippen molar-refractivity contribution in [3.8, 4) is 0 Å². The molecule has 0 aliphatic heterocycles. The maximum absolute atomic E-state index is 12.7. The Kier molecular flexibility index (Phi) is 3.90. The first-order valence-electron chi connectivity index (χ1n) is 8.64. The third-order valence-electron chi connectivity index (χ3n) is 6.46. The van der Waals surface area contributed by atoms with Gasteiger partial charge in [0.15, 0.2) is 0 Å². The molecule has 1 N–H and O–H groups in total. The standard InChI is InChI=1S/C18H24BrNO2S/c1-12(20-23(21,22)17-4-2-16(19)3-5-17)18-9-13-6-14(10-18)8-15(7-13)11-18/h2-5,12-15,20H,6-11H2,1H3/t12-,13?,14?,15?,18?/m1/s1. The molecule has 1 aromatic carbocycles.